The molecule has 0 radical (unpaired) electrons. The minimum absolute atomic E-state index is 0.0144. The molecule has 2 saturated carbocycles. The molecule has 10 nitrogen and oxygen atoms in total. The lowest BCUT2D eigenvalue weighted by Gasteiger charge is -2.41. The van der Waals surface area contributed by atoms with Crippen LogP contribution in [0.15, 0.2) is 57.2 Å². The average molecular weight is 1000 g/mol. The molecule has 2 aromatic heterocycles. The van der Waals surface area contributed by atoms with E-state index < -0.39 is 88.9 Å². The molecule has 2 heterocycles. The van der Waals surface area contributed by atoms with Crippen LogP contribution in [0.1, 0.15) is 48.5 Å². The van der Waals surface area contributed by atoms with E-state index in [4.69, 9.17) is 23.2 Å². The third-order valence-electron chi connectivity index (χ3n) is 10.9. The first-order valence-corrected chi connectivity index (χ1v) is 24.8. The van der Waals surface area contributed by atoms with Gasteiger partial charge in [-0.05, 0) is 91.0 Å². The van der Waals surface area contributed by atoms with Crippen LogP contribution in [0.4, 0.5) is 46.5 Å². The largest absolute Gasteiger partial charge is 0.391 e. The van der Waals surface area contributed by atoms with E-state index in [-0.39, 0.29) is 59.2 Å². The summed E-state index contributed by atoms with van der Waals surface area (Å²) in [5.74, 6) is -5.92. The van der Waals surface area contributed by atoms with Crippen LogP contribution in [0.3, 0.4) is 0 Å². The highest BCUT2D eigenvalue weighted by Gasteiger charge is 2.47. The normalized spacial score (nSPS) is 22.6. The minimum atomic E-state index is -4.32. The van der Waals surface area contributed by atoms with E-state index in [1.54, 1.807) is 39.0 Å². The van der Waals surface area contributed by atoms with Crippen LogP contribution in [-0.2, 0) is 31.2 Å². The van der Waals surface area contributed by atoms with Crippen molar-refractivity contribution >= 4 is 76.9 Å². The van der Waals surface area contributed by atoms with E-state index in [2.05, 4.69) is 20.6 Å². The van der Waals surface area contributed by atoms with Crippen LogP contribution in [0, 0.1) is 23.5 Å². The summed E-state index contributed by atoms with van der Waals surface area (Å²) in [6.07, 6.45) is -5.45. The van der Waals surface area contributed by atoms with Crippen LogP contribution in [-0.4, -0.2) is 101 Å². The maximum absolute atomic E-state index is 14.7. The molecule has 24 heteroatoms. The zero-order valence-electron chi connectivity index (χ0n) is 33.6. The fourth-order valence-corrected chi connectivity index (χ4v) is 13.0. The summed E-state index contributed by atoms with van der Waals surface area (Å²) in [6, 6.07) is 2.16. The molecule has 2 aliphatic carbocycles. The van der Waals surface area contributed by atoms with Gasteiger partial charge in [-0.25, -0.2) is 35.6 Å². The third-order valence-corrected chi connectivity index (χ3v) is 16.7. The van der Waals surface area contributed by atoms with E-state index in [1.807, 2.05) is 9.80 Å². The molecule has 2 aliphatic rings. The molecular weight excluding hydrogens is 956 g/mol. The number of halogens is 10. The first-order valence-electron chi connectivity index (χ1n) is 19.0. The van der Waals surface area contributed by atoms with Crippen molar-refractivity contribution in [2.24, 2.45) is 11.8 Å². The lowest BCUT2D eigenvalue weighted by molar-refractivity contribution is -0.185. The lowest BCUT2D eigenvalue weighted by Crippen LogP contribution is -2.49. The topological polar surface area (TPSA) is 125 Å². The first kappa shape index (κ1) is 50.1. The van der Waals surface area contributed by atoms with Gasteiger partial charge in [-0.3, -0.25) is 0 Å². The lowest BCUT2D eigenvalue weighted by atomic mass is 9.81. The van der Waals surface area contributed by atoms with Crippen LogP contribution >= 0.6 is 45.9 Å². The van der Waals surface area contributed by atoms with Crippen molar-refractivity contribution in [3.8, 4) is 0 Å². The summed E-state index contributed by atoms with van der Waals surface area (Å²) in [5, 5.41) is 9.55. The van der Waals surface area contributed by atoms with Gasteiger partial charge in [-0.2, -0.15) is 26.3 Å². The van der Waals surface area contributed by atoms with Crippen LogP contribution in [0.25, 0.3) is 0 Å². The molecule has 2 aromatic carbocycles. The number of likely N-dealkylation sites (N-methyl/N-ethyl adjacent to an activating group) is 2. The van der Waals surface area contributed by atoms with E-state index in [9.17, 15) is 52.0 Å². The molecule has 4 aromatic rings. The van der Waals surface area contributed by atoms with Crippen molar-refractivity contribution in [1.82, 2.24) is 19.8 Å². The molecule has 2 N–H and O–H groups in total. The Morgan fingerprint density at radius 2 is 1.00 bits per heavy atom. The summed E-state index contributed by atoms with van der Waals surface area (Å²) in [5.41, 5.74) is 0.124. The number of aromatic nitrogens is 2. The van der Waals surface area contributed by atoms with Crippen molar-refractivity contribution in [2.75, 3.05) is 38.8 Å². The quantitative estimate of drug-likeness (QED) is 0.133. The zero-order chi connectivity index (χ0) is 45.9. The molecule has 0 aliphatic heterocycles. The minimum Gasteiger partial charge on any atom is -0.379 e. The highest BCUT2D eigenvalue weighted by Crippen LogP contribution is 2.42. The van der Waals surface area contributed by atoms with Gasteiger partial charge in [-0.15, -0.1) is 22.7 Å². The van der Waals surface area contributed by atoms with Gasteiger partial charge >= 0.3 is 12.4 Å². The predicted octanol–water partition coefficient (Wildman–Crippen LogP) is 9.97. The summed E-state index contributed by atoms with van der Waals surface area (Å²) < 4.78 is 159. The van der Waals surface area contributed by atoms with Gasteiger partial charge in [0, 0.05) is 47.3 Å². The Bertz CT molecular complexity index is 2190. The predicted molar refractivity (Wildman–Crippen MR) is 225 cm³/mol. The van der Waals surface area contributed by atoms with Crippen molar-refractivity contribution in [3.63, 3.8) is 0 Å². The number of benzene rings is 2. The standard InChI is InChI=1S/2C19H22ClF4N3O2S2/c2*1-27(2)16-4-3-11(19(22,23)24)7-15(16)26-14-9-13(21)17(8-12(14)20)31(28,29)10-18-25-5-6-30-18/h2*5-6,8-9,11,15-16,26H,3-4,7,10H2,1-2H3/t2*11-,15-,16-/m10/s1. The highest BCUT2D eigenvalue weighted by atomic mass is 35.5. The smallest absolute Gasteiger partial charge is 0.379 e. The number of hydrogen-bond donors (Lipinski definition) is 2. The molecule has 0 unspecified atom stereocenters. The van der Waals surface area contributed by atoms with Crippen molar-refractivity contribution in [2.45, 2.75) is 96.3 Å². The Labute approximate surface area is 372 Å². The number of rotatable bonds is 12. The Kier molecular flexibility index (Phi) is 16.3. The SMILES string of the molecule is CN(C)[C@@H]1CC[C@@H](C(F)(F)F)C[C@H]1Nc1cc(F)c(S(=O)(=O)Cc2nccs2)cc1Cl.CN(C)[C@H]1CC[C@H](C(F)(F)F)C[C@@H]1Nc1cc(F)c(S(=O)(=O)Cc2nccs2)cc1Cl. The number of alkyl halides is 6. The van der Waals surface area contributed by atoms with Crippen LogP contribution in [0.2, 0.25) is 10.0 Å². The number of thiazole rings is 2. The van der Waals surface area contributed by atoms with Gasteiger partial charge in [0.1, 0.15) is 42.9 Å². The van der Waals surface area contributed by atoms with Crippen LogP contribution in [0.5, 0.6) is 0 Å². The Hall–Kier alpha value is -2.86. The molecule has 6 rings (SSSR count). The monoisotopic (exact) mass is 998 g/mol. The van der Waals surface area contributed by atoms with Crippen LogP contribution < -0.4 is 10.6 Å². The maximum Gasteiger partial charge on any atom is 0.391 e. The molecule has 0 bridgehead atoms. The Balaban J connectivity index is 0.000000234. The van der Waals surface area contributed by atoms with E-state index >= 15 is 0 Å². The number of nitrogens with one attached hydrogen (secondary N) is 2. The number of anilines is 2. The molecule has 6 atom stereocenters. The van der Waals surface area contributed by atoms with Gasteiger partial charge in [0.05, 0.1) is 33.3 Å². The van der Waals surface area contributed by atoms with Crippen molar-refractivity contribution < 1.29 is 52.0 Å². The fourth-order valence-electron chi connectivity index (χ4n) is 7.73. The van der Waals surface area contributed by atoms with Gasteiger partial charge in [0.15, 0.2) is 19.7 Å². The second-order valence-electron chi connectivity index (χ2n) is 15.6. The van der Waals surface area contributed by atoms with E-state index in [1.165, 1.54) is 12.4 Å². The van der Waals surface area contributed by atoms with Gasteiger partial charge in [0.2, 0.25) is 0 Å². The third kappa shape index (κ3) is 12.7. The van der Waals surface area contributed by atoms with Gasteiger partial charge < -0.3 is 20.4 Å². The Morgan fingerprint density at radius 1 is 0.645 bits per heavy atom. The molecule has 0 saturated heterocycles. The highest BCUT2D eigenvalue weighted by molar-refractivity contribution is 7.91. The summed E-state index contributed by atoms with van der Waals surface area (Å²) in [6.45, 7) is 0. The molecule has 344 valence electrons. The number of sulfone groups is 2. The molecule has 0 amide bonds. The fraction of sp³-hybridized carbons (Fsp3) is 0.526. The zero-order valence-corrected chi connectivity index (χ0v) is 38.4. The first-order chi connectivity index (χ1) is 28.8. The van der Waals surface area contributed by atoms with Crippen molar-refractivity contribution in [1.29, 1.82) is 0 Å². The second kappa shape index (κ2) is 20.1. The molecule has 62 heavy (non-hydrogen) atoms. The van der Waals surface area contributed by atoms with Crippen molar-refractivity contribution in [3.05, 3.63) is 79.1 Å². The maximum atomic E-state index is 14.7. The second-order valence-corrected chi connectivity index (χ2v) is 22.3. The van der Waals surface area contributed by atoms with E-state index in [0.717, 1.165) is 46.9 Å². The summed E-state index contributed by atoms with van der Waals surface area (Å²) >= 11 is 14.7. The molecular formula is C38H44Cl2F8N6O4S4. The summed E-state index contributed by atoms with van der Waals surface area (Å²) in [7, 11) is -0.999. The van der Waals surface area contributed by atoms with E-state index in [0.29, 0.717) is 22.9 Å². The number of nitrogens with zero attached hydrogens (tertiary/aromatic N) is 4. The molecule has 2 fully saturated rings. The summed E-state index contributed by atoms with van der Waals surface area (Å²) in [4.78, 5) is 10.3. The number of hydrogen-bond acceptors (Lipinski definition) is 12. The van der Waals surface area contributed by atoms with Gasteiger partial charge in [-0.1, -0.05) is 23.2 Å². The Morgan fingerprint density at radius 3 is 1.29 bits per heavy atom. The average Bonchev–Trinajstić information content (AvgIpc) is 3.88. The van der Waals surface area contributed by atoms with Gasteiger partial charge in [0.25, 0.3) is 0 Å². The molecule has 0 spiro atoms.